The lowest BCUT2D eigenvalue weighted by atomic mass is 9.75. The summed E-state index contributed by atoms with van der Waals surface area (Å²) in [5.41, 5.74) is 2.15. The van der Waals surface area contributed by atoms with Crippen LogP contribution in [0.2, 0.25) is 0 Å². The van der Waals surface area contributed by atoms with E-state index in [0.29, 0.717) is 18.5 Å². The van der Waals surface area contributed by atoms with Crippen molar-refractivity contribution < 1.29 is 4.79 Å². The third-order valence-corrected chi connectivity index (χ3v) is 7.68. The molecule has 1 aromatic heterocycles. The fourth-order valence-electron chi connectivity index (χ4n) is 4.93. The van der Waals surface area contributed by atoms with Gasteiger partial charge in [0.1, 0.15) is 0 Å². The fraction of sp³-hybridized carbons (Fsp3) is 0.400. The summed E-state index contributed by atoms with van der Waals surface area (Å²) < 4.78 is 1.98. The monoisotopic (exact) mass is 447 g/mol. The van der Waals surface area contributed by atoms with Crippen LogP contribution >= 0.6 is 11.8 Å². The second-order valence-electron chi connectivity index (χ2n) is 8.78. The van der Waals surface area contributed by atoms with E-state index in [1.807, 2.05) is 28.9 Å². The first kappa shape index (κ1) is 21.2. The van der Waals surface area contributed by atoms with Crippen molar-refractivity contribution in [3.63, 3.8) is 0 Å². The Morgan fingerprint density at radius 2 is 1.88 bits per heavy atom. The van der Waals surface area contributed by atoms with Gasteiger partial charge >= 0.3 is 0 Å². The molecule has 32 heavy (non-hydrogen) atoms. The van der Waals surface area contributed by atoms with Gasteiger partial charge in [0.25, 0.3) is 0 Å². The predicted octanol–water partition coefficient (Wildman–Crippen LogP) is 3.60. The quantitative estimate of drug-likeness (QED) is 0.535. The van der Waals surface area contributed by atoms with Gasteiger partial charge in [-0.1, -0.05) is 53.7 Å². The highest BCUT2D eigenvalue weighted by Gasteiger charge is 2.43. The molecule has 3 aromatic rings. The summed E-state index contributed by atoms with van der Waals surface area (Å²) in [7, 11) is 0. The van der Waals surface area contributed by atoms with E-state index in [1.165, 1.54) is 4.90 Å². The second-order valence-corrected chi connectivity index (χ2v) is 9.83. The molecule has 0 radical (unpaired) electrons. The van der Waals surface area contributed by atoms with E-state index in [2.05, 4.69) is 63.1 Å². The Kier molecular flexibility index (Phi) is 6.55. The number of amides is 1. The fourth-order valence-corrected chi connectivity index (χ4v) is 5.72. The van der Waals surface area contributed by atoms with Crippen LogP contribution < -0.4 is 5.32 Å². The molecular weight excluding hydrogens is 418 g/mol. The minimum absolute atomic E-state index is 0.0947. The molecule has 0 aliphatic carbocycles. The third-order valence-electron chi connectivity index (χ3n) is 6.64. The van der Waals surface area contributed by atoms with Gasteiger partial charge in [-0.25, -0.2) is 0 Å². The third kappa shape index (κ3) is 5.05. The number of carbonyl (C=O) groups is 1. The molecule has 4 heterocycles. The number of thioether (sulfide) groups is 1. The summed E-state index contributed by atoms with van der Waals surface area (Å²) in [6.45, 7) is 3.37. The molecule has 1 N–H and O–H groups in total. The number of fused-ring (bicyclic) bond motifs is 3. The number of piperidine rings is 3. The standard InChI is InChI=1S/C25H29N5OS/c31-25(26-14-19-7-3-1-4-8-19)24-17-29-12-11-20(24)13-22(29)16-30-15-21(27-28-30)18-32-23-9-5-2-6-10-23/h1-10,15,20,22,24H,11-14,16-18H2,(H,26,31)/t20-,22-,24-/m1/s1. The van der Waals surface area contributed by atoms with Crippen LogP contribution in [0.3, 0.4) is 0 Å². The molecule has 4 atom stereocenters. The van der Waals surface area contributed by atoms with Crippen molar-refractivity contribution in [2.45, 2.75) is 42.6 Å². The van der Waals surface area contributed by atoms with Crippen LogP contribution in [-0.2, 0) is 23.6 Å². The number of hydrogen-bond acceptors (Lipinski definition) is 5. The van der Waals surface area contributed by atoms with Crippen molar-refractivity contribution in [1.29, 1.82) is 0 Å². The van der Waals surface area contributed by atoms with Gasteiger partial charge in [-0.3, -0.25) is 14.4 Å². The van der Waals surface area contributed by atoms with E-state index in [4.69, 9.17) is 0 Å². The summed E-state index contributed by atoms with van der Waals surface area (Å²) in [4.78, 5) is 16.6. The molecule has 1 amide bonds. The van der Waals surface area contributed by atoms with Crippen LogP contribution in [0.4, 0.5) is 0 Å². The summed E-state index contributed by atoms with van der Waals surface area (Å²) in [6, 6.07) is 20.9. The molecule has 3 aliphatic heterocycles. The second kappa shape index (κ2) is 9.88. The molecule has 3 aliphatic rings. The van der Waals surface area contributed by atoms with Gasteiger partial charge in [0.15, 0.2) is 0 Å². The van der Waals surface area contributed by atoms with Gasteiger partial charge in [0.05, 0.1) is 18.2 Å². The van der Waals surface area contributed by atoms with E-state index in [9.17, 15) is 4.79 Å². The number of hydrogen-bond donors (Lipinski definition) is 1. The first-order valence-electron chi connectivity index (χ1n) is 11.4. The Hall–Kier alpha value is -2.64. The van der Waals surface area contributed by atoms with E-state index in [0.717, 1.165) is 49.5 Å². The molecule has 6 rings (SSSR count). The molecular formula is C25H29N5OS. The first-order chi connectivity index (χ1) is 15.7. The predicted molar refractivity (Wildman–Crippen MR) is 126 cm³/mol. The van der Waals surface area contributed by atoms with Crippen LogP contribution in [0.1, 0.15) is 24.1 Å². The number of carbonyl (C=O) groups excluding carboxylic acids is 1. The average molecular weight is 448 g/mol. The highest BCUT2D eigenvalue weighted by Crippen LogP contribution is 2.37. The summed E-state index contributed by atoms with van der Waals surface area (Å²) in [5, 5.41) is 11.9. The highest BCUT2D eigenvalue weighted by molar-refractivity contribution is 7.98. The van der Waals surface area contributed by atoms with Crippen molar-refractivity contribution in [2.75, 3.05) is 13.1 Å². The van der Waals surface area contributed by atoms with Gasteiger partial charge in [0.2, 0.25) is 5.91 Å². The zero-order chi connectivity index (χ0) is 21.8. The van der Waals surface area contributed by atoms with Gasteiger partial charge in [-0.2, -0.15) is 0 Å². The molecule has 0 spiro atoms. The molecule has 3 fully saturated rings. The number of benzene rings is 2. The van der Waals surface area contributed by atoms with Crippen molar-refractivity contribution in [1.82, 2.24) is 25.2 Å². The molecule has 166 valence electrons. The van der Waals surface area contributed by atoms with E-state index < -0.39 is 0 Å². The maximum absolute atomic E-state index is 12.9. The Bertz CT molecular complexity index is 1030. The molecule has 0 saturated carbocycles. The molecule has 3 saturated heterocycles. The normalized spacial score (nSPS) is 24.4. The summed E-state index contributed by atoms with van der Waals surface area (Å²) in [6.07, 6.45) is 4.23. The van der Waals surface area contributed by atoms with Crippen LogP contribution in [0.15, 0.2) is 71.8 Å². The number of nitrogens with one attached hydrogen (secondary N) is 1. The van der Waals surface area contributed by atoms with E-state index in [1.54, 1.807) is 11.8 Å². The number of rotatable bonds is 8. The molecule has 2 bridgehead atoms. The zero-order valence-corrected chi connectivity index (χ0v) is 19.0. The van der Waals surface area contributed by atoms with Crippen LogP contribution in [-0.4, -0.2) is 44.9 Å². The first-order valence-corrected chi connectivity index (χ1v) is 12.4. The van der Waals surface area contributed by atoms with Crippen LogP contribution in [0.25, 0.3) is 0 Å². The maximum atomic E-state index is 12.9. The van der Waals surface area contributed by atoms with Gasteiger partial charge in [-0.15, -0.1) is 16.9 Å². The van der Waals surface area contributed by atoms with E-state index in [-0.39, 0.29) is 11.8 Å². The molecule has 1 unspecified atom stereocenters. The van der Waals surface area contributed by atoms with Crippen LogP contribution in [0.5, 0.6) is 0 Å². The van der Waals surface area contributed by atoms with Gasteiger partial charge in [0, 0.05) is 36.0 Å². The molecule has 2 aromatic carbocycles. The Balaban J connectivity index is 1.12. The summed E-state index contributed by atoms with van der Waals surface area (Å²) >= 11 is 1.78. The Morgan fingerprint density at radius 3 is 2.62 bits per heavy atom. The summed E-state index contributed by atoms with van der Waals surface area (Å²) in [5.74, 6) is 1.57. The van der Waals surface area contributed by atoms with Crippen molar-refractivity contribution in [2.24, 2.45) is 11.8 Å². The van der Waals surface area contributed by atoms with Crippen molar-refractivity contribution in [3.05, 3.63) is 78.1 Å². The SMILES string of the molecule is O=C(NCc1ccccc1)[C@@H]1CN2CC[C@@H]1C[C@@H]2Cn1cc(CSc2ccccc2)nn1. The minimum Gasteiger partial charge on any atom is -0.352 e. The Labute approximate surface area is 193 Å². The van der Waals surface area contributed by atoms with Crippen LogP contribution in [0, 0.1) is 11.8 Å². The lowest BCUT2D eigenvalue weighted by Crippen LogP contribution is -2.58. The zero-order valence-electron chi connectivity index (χ0n) is 18.1. The van der Waals surface area contributed by atoms with E-state index >= 15 is 0 Å². The Morgan fingerprint density at radius 1 is 1.09 bits per heavy atom. The average Bonchev–Trinajstić information content (AvgIpc) is 3.30. The molecule has 7 heteroatoms. The van der Waals surface area contributed by atoms with Gasteiger partial charge in [-0.05, 0) is 43.0 Å². The smallest absolute Gasteiger partial charge is 0.224 e. The highest BCUT2D eigenvalue weighted by atomic mass is 32.2. The molecule has 6 nitrogen and oxygen atoms in total. The lowest BCUT2D eigenvalue weighted by molar-refractivity contribution is -0.133. The van der Waals surface area contributed by atoms with Crippen molar-refractivity contribution in [3.8, 4) is 0 Å². The number of nitrogens with zero attached hydrogens (tertiary/aromatic N) is 4. The minimum atomic E-state index is 0.0947. The number of aromatic nitrogens is 3. The lowest BCUT2D eigenvalue weighted by Gasteiger charge is -2.49. The van der Waals surface area contributed by atoms with Gasteiger partial charge < -0.3 is 5.32 Å². The maximum Gasteiger partial charge on any atom is 0.224 e. The van der Waals surface area contributed by atoms with Crippen molar-refractivity contribution >= 4 is 17.7 Å². The topological polar surface area (TPSA) is 63.1 Å². The largest absolute Gasteiger partial charge is 0.352 e.